The number of carbonyl (C=O) groups excluding carboxylic acids is 1. The van der Waals surface area contributed by atoms with Gasteiger partial charge in [-0.3, -0.25) is 0 Å². The van der Waals surface area contributed by atoms with Crippen LogP contribution >= 0.6 is 11.3 Å². The van der Waals surface area contributed by atoms with Gasteiger partial charge in [-0.25, -0.2) is 4.79 Å². The van der Waals surface area contributed by atoms with Gasteiger partial charge in [-0.05, 0) is 35.6 Å². The number of benzene rings is 1. The Balaban J connectivity index is 1.62. The summed E-state index contributed by atoms with van der Waals surface area (Å²) in [5.41, 5.74) is 0.349. The molecule has 0 atom stereocenters. The monoisotopic (exact) mass is 388 g/mol. The van der Waals surface area contributed by atoms with Crippen LogP contribution in [0, 0.1) is 5.92 Å². The fourth-order valence-corrected chi connectivity index (χ4v) is 2.85. The van der Waals surface area contributed by atoms with Crippen molar-refractivity contribution < 1.29 is 23.5 Å². The summed E-state index contributed by atoms with van der Waals surface area (Å²) < 4.78 is 21.4. The number of nitrogens with zero attached hydrogens (tertiary/aromatic N) is 2. The van der Waals surface area contributed by atoms with Crippen molar-refractivity contribution in [3.05, 3.63) is 47.2 Å². The largest absolute Gasteiger partial charge is 0.493 e. The van der Waals surface area contributed by atoms with E-state index >= 15 is 0 Å². The van der Waals surface area contributed by atoms with Gasteiger partial charge in [0.1, 0.15) is 0 Å². The number of hydrogen-bond acceptors (Lipinski definition) is 8. The number of methoxy groups -OCH3 is 1. The second-order valence-corrected chi connectivity index (χ2v) is 7.08. The Hall–Kier alpha value is -2.87. The zero-order valence-electron chi connectivity index (χ0n) is 15.3. The molecule has 0 saturated heterocycles. The summed E-state index contributed by atoms with van der Waals surface area (Å²) in [5.74, 6) is 1.63. The molecule has 0 radical (unpaired) electrons. The molecule has 3 aromatic rings. The molecule has 2 heterocycles. The second-order valence-electron chi connectivity index (χ2n) is 6.14. The molecule has 0 aliphatic carbocycles. The molecule has 0 aliphatic rings. The van der Waals surface area contributed by atoms with Gasteiger partial charge in [0.15, 0.2) is 18.1 Å². The van der Waals surface area contributed by atoms with Crippen LogP contribution in [0.25, 0.3) is 10.7 Å². The molecule has 0 bridgehead atoms. The fraction of sp³-hybridized carbons (Fsp3) is 0.316. The van der Waals surface area contributed by atoms with Gasteiger partial charge < -0.3 is 18.7 Å². The highest BCUT2D eigenvalue weighted by atomic mass is 32.1. The number of rotatable bonds is 8. The van der Waals surface area contributed by atoms with Crippen LogP contribution in [-0.4, -0.2) is 29.8 Å². The first-order valence-corrected chi connectivity index (χ1v) is 9.29. The molecule has 0 spiro atoms. The lowest BCUT2D eigenvalue weighted by Gasteiger charge is -2.13. The molecule has 0 unspecified atom stereocenters. The highest BCUT2D eigenvalue weighted by Gasteiger charge is 2.15. The lowest BCUT2D eigenvalue weighted by molar-refractivity contribution is 0.0429. The molecular weight excluding hydrogens is 368 g/mol. The van der Waals surface area contributed by atoms with Crippen molar-refractivity contribution in [3.8, 4) is 22.2 Å². The molecule has 0 aliphatic heterocycles. The van der Waals surface area contributed by atoms with E-state index in [9.17, 15) is 4.79 Å². The molecule has 0 saturated carbocycles. The number of esters is 1. The normalized spacial score (nSPS) is 10.8. The SMILES string of the molecule is COc1cc(C(=O)OCc2nc(-c3cccs3)no2)ccc1OCC(C)C. The topological polar surface area (TPSA) is 83.7 Å². The minimum atomic E-state index is -0.514. The van der Waals surface area contributed by atoms with E-state index in [1.165, 1.54) is 18.4 Å². The molecule has 0 N–H and O–H groups in total. The minimum Gasteiger partial charge on any atom is -0.493 e. The van der Waals surface area contributed by atoms with Crippen molar-refractivity contribution >= 4 is 17.3 Å². The van der Waals surface area contributed by atoms with Gasteiger partial charge in [0.05, 0.1) is 24.2 Å². The highest BCUT2D eigenvalue weighted by molar-refractivity contribution is 7.13. The van der Waals surface area contributed by atoms with Crippen molar-refractivity contribution in [2.45, 2.75) is 20.5 Å². The lowest BCUT2D eigenvalue weighted by Crippen LogP contribution is -2.08. The number of hydrogen-bond donors (Lipinski definition) is 0. The Morgan fingerprint density at radius 1 is 1.26 bits per heavy atom. The average molecular weight is 388 g/mol. The zero-order chi connectivity index (χ0) is 19.2. The van der Waals surface area contributed by atoms with E-state index in [0.29, 0.717) is 35.4 Å². The lowest BCUT2D eigenvalue weighted by atomic mass is 10.2. The Kier molecular flexibility index (Phi) is 6.08. The number of carbonyl (C=O) groups is 1. The molecule has 8 heteroatoms. The number of ether oxygens (including phenoxy) is 3. The summed E-state index contributed by atoms with van der Waals surface area (Å²) in [5, 5.41) is 5.80. The second kappa shape index (κ2) is 8.68. The van der Waals surface area contributed by atoms with Crippen molar-refractivity contribution in [2.75, 3.05) is 13.7 Å². The quantitative estimate of drug-likeness (QED) is 0.535. The fourth-order valence-electron chi connectivity index (χ4n) is 2.20. The average Bonchev–Trinajstić information content (AvgIpc) is 3.35. The van der Waals surface area contributed by atoms with Crippen LogP contribution in [0.4, 0.5) is 0 Å². The van der Waals surface area contributed by atoms with Crippen LogP contribution in [0.15, 0.2) is 40.2 Å². The molecule has 7 nitrogen and oxygen atoms in total. The molecular formula is C19H20N2O5S. The summed E-state index contributed by atoms with van der Waals surface area (Å²) in [6.07, 6.45) is 0. The van der Waals surface area contributed by atoms with Crippen molar-refractivity contribution in [2.24, 2.45) is 5.92 Å². The Bertz CT molecular complexity index is 889. The first-order valence-electron chi connectivity index (χ1n) is 8.41. The summed E-state index contributed by atoms with van der Waals surface area (Å²) in [6.45, 7) is 4.56. The molecule has 142 valence electrons. The summed E-state index contributed by atoms with van der Waals surface area (Å²) in [6, 6.07) is 8.70. The van der Waals surface area contributed by atoms with E-state index < -0.39 is 5.97 Å². The van der Waals surface area contributed by atoms with Crippen molar-refractivity contribution in [1.29, 1.82) is 0 Å². The third-order valence-corrected chi connectivity index (χ3v) is 4.37. The van der Waals surface area contributed by atoms with Crippen LogP contribution in [-0.2, 0) is 11.3 Å². The first kappa shape index (κ1) is 18.9. The van der Waals surface area contributed by atoms with Gasteiger partial charge in [-0.1, -0.05) is 25.1 Å². The molecule has 2 aromatic heterocycles. The van der Waals surface area contributed by atoms with Crippen molar-refractivity contribution in [3.63, 3.8) is 0 Å². The molecule has 27 heavy (non-hydrogen) atoms. The highest BCUT2D eigenvalue weighted by Crippen LogP contribution is 2.29. The van der Waals surface area contributed by atoms with Crippen molar-refractivity contribution in [1.82, 2.24) is 10.1 Å². The predicted molar refractivity (Wildman–Crippen MR) is 100 cm³/mol. The Labute approximate surface area is 160 Å². The smallest absolute Gasteiger partial charge is 0.338 e. The maximum atomic E-state index is 12.3. The summed E-state index contributed by atoms with van der Waals surface area (Å²) >= 11 is 1.50. The maximum absolute atomic E-state index is 12.3. The van der Waals surface area contributed by atoms with E-state index in [0.717, 1.165) is 4.88 Å². The third kappa shape index (κ3) is 4.85. The molecule has 3 rings (SSSR count). The van der Waals surface area contributed by atoms with E-state index in [-0.39, 0.29) is 12.5 Å². The molecule has 0 amide bonds. The molecule has 0 fully saturated rings. The molecule has 1 aromatic carbocycles. The van der Waals surface area contributed by atoms with Gasteiger partial charge in [0.25, 0.3) is 5.89 Å². The zero-order valence-corrected chi connectivity index (χ0v) is 16.1. The van der Waals surface area contributed by atoms with Gasteiger partial charge in [-0.15, -0.1) is 11.3 Å². The number of aromatic nitrogens is 2. The summed E-state index contributed by atoms with van der Waals surface area (Å²) in [4.78, 5) is 17.4. The Morgan fingerprint density at radius 2 is 2.11 bits per heavy atom. The summed E-state index contributed by atoms with van der Waals surface area (Å²) in [7, 11) is 1.53. The van der Waals surface area contributed by atoms with Crippen LogP contribution in [0.1, 0.15) is 30.1 Å². The van der Waals surface area contributed by atoms with Crippen LogP contribution < -0.4 is 9.47 Å². The Morgan fingerprint density at radius 3 is 2.81 bits per heavy atom. The van der Waals surface area contributed by atoms with E-state index in [1.807, 2.05) is 17.5 Å². The number of thiophene rings is 1. The van der Waals surface area contributed by atoms with Gasteiger partial charge in [0, 0.05) is 0 Å². The third-order valence-electron chi connectivity index (χ3n) is 3.51. The van der Waals surface area contributed by atoms with Gasteiger partial charge in [-0.2, -0.15) is 4.98 Å². The standard InChI is InChI=1S/C19H20N2O5S/c1-12(2)10-24-14-7-6-13(9-15(14)23-3)19(22)25-11-17-20-18(21-26-17)16-5-4-8-27-16/h4-9,12H,10-11H2,1-3H3. The maximum Gasteiger partial charge on any atom is 0.338 e. The van der Waals surface area contributed by atoms with E-state index in [4.69, 9.17) is 18.7 Å². The van der Waals surface area contributed by atoms with Gasteiger partial charge >= 0.3 is 5.97 Å². The minimum absolute atomic E-state index is 0.106. The van der Waals surface area contributed by atoms with Crippen LogP contribution in [0.3, 0.4) is 0 Å². The predicted octanol–water partition coefficient (Wildman–Crippen LogP) is 4.20. The van der Waals surface area contributed by atoms with Crippen LogP contribution in [0.5, 0.6) is 11.5 Å². The van der Waals surface area contributed by atoms with E-state index in [1.54, 1.807) is 18.2 Å². The van der Waals surface area contributed by atoms with Gasteiger partial charge in [0.2, 0.25) is 5.82 Å². The van der Waals surface area contributed by atoms with E-state index in [2.05, 4.69) is 24.0 Å². The first-order chi connectivity index (χ1) is 13.1. The van der Waals surface area contributed by atoms with Crippen LogP contribution in [0.2, 0.25) is 0 Å².